The Kier molecular flexibility index (Phi) is 4.88. The molecule has 3 aromatic heterocycles. The van der Waals surface area contributed by atoms with Gasteiger partial charge >= 0.3 is 0 Å². The van der Waals surface area contributed by atoms with Crippen molar-refractivity contribution in [3.8, 4) is 10.6 Å². The number of anilines is 2. The molecule has 0 aromatic carbocycles. The summed E-state index contributed by atoms with van der Waals surface area (Å²) in [5, 5.41) is 13.7. The molecule has 3 aromatic rings. The Morgan fingerprint density at radius 1 is 1.19 bits per heavy atom. The Morgan fingerprint density at radius 3 is 2.88 bits per heavy atom. The molecule has 0 bridgehead atoms. The lowest BCUT2D eigenvalue weighted by atomic mass is 9.97. The van der Waals surface area contributed by atoms with Gasteiger partial charge in [-0.1, -0.05) is 6.07 Å². The van der Waals surface area contributed by atoms with E-state index >= 15 is 0 Å². The molecule has 1 saturated heterocycles. The zero-order valence-electron chi connectivity index (χ0n) is 14.2. The van der Waals surface area contributed by atoms with Crippen molar-refractivity contribution in [2.45, 2.75) is 12.8 Å². The first kappa shape index (κ1) is 16.7. The van der Waals surface area contributed by atoms with Crippen molar-refractivity contribution in [2.75, 3.05) is 23.3 Å². The third-order valence-electron chi connectivity index (χ3n) is 4.47. The van der Waals surface area contributed by atoms with Crippen LogP contribution < -0.4 is 10.2 Å². The summed E-state index contributed by atoms with van der Waals surface area (Å²) in [7, 11) is 0. The Bertz CT molecular complexity index is 851. The van der Waals surface area contributed by atoms with E-state index < -0.39 is 0 Å². The first-order valence-corrected chi connectivity index (χ1v) is 9.51. The van der Waals surface area contributed by atoms with E-state index in [-0.39, 0.29) is 11.8 Å². The smallest absolute Gasteiger partial charge is 0.229 e. The highest BCUT2D eigenvalue weighted by atomic mass is 32.1. The molecule has 1 fully saturated rings. The van der Waals surface area contributed by atoms with Crippen LogP contribution >= 0.6 is 11.3 Å². The van der Waals surface area contributed by atoms with Gasteiger partial charge in [-0.25, -0.2) is 0 Å². The van der Waals surface area contributed by atoms with Crippen LogP contribution in [0.3, 0.4) is 0 Å². The van der Waals surface area contributed by atoms with Crippen molar-refractivity contribution in [1.82, 2.24) is 15.2 Å². The lowest BCUT2D eigenvalue weighted by Gasteiger charge is -2.32. The third-order valence-corrected chi connectivity index (χ3v) is 5.36. The molecule has 1 aliphatic heterocycles. The minimum absolute atomic E-state index is 0.0332. The molecule has 0 spiro atoms. The average Bonchev–Trinajstić information content (AvgIpc) is 3.24. The lowest BCUT2D eigenvalue weighted by molar-refractivity contribution is -0.120. The molecule has 1 atom stereocenters. The number of hydrogen-bond acceptors (Lipinski definition) is 6. The van der Waals surface area contributed by atoms with Crippen LogP contribution in [-0.2, 0) is 4.79 Å². The number of pyridine rings is 1. The quantitative estimate of drug-likeness (QED) is 0.767. The molecule has 0 radical (unpaired) electrons. The van der Waals surface area contributed by atoms with Gasteiger partial charge in [0.1, 0.15) is 5.69 Å². The van der Waals surface area contributed by atoms with E-state index in [1.807, 2.05) is 41.8 Å². The predicted octanol–water partition coefficient (Wildman–Crippen LogP) is 3.46. The van der Waals surface area contributed by atoms with Crippen LogP contribution in [0.15, 0.2) is 54.2 Å². The van der Waals surface area contributed by atoms with Crippen molar-refractivity contribution < 1.29 is 4.79 Å². The molecular formula is C19H19N5OS. The van der Waals surface area contributed by atoms with Crippen molar-refractivity contribution in [2.24, 2.45) is 5.92 Å². The molecule has 6 nitrogen and oxygen atoms in total. The minimum Gasteiger partial charge on any atom is -0.354 e. The number of nitrogens with zero attached hydrogens (tertiary/aromatic N) is 4. The van der Waals surface area contributed by atoms with E-state index in [0.717, 1.165) is 41.5 Å². The van der Waals surface area contributed by atoms with Crippen molar-refractivity contribution in [3.05, 3.63) is 54.2 Å². The number of nitrogens with one attached hydrogen (secondary N) is 1. The summed E-state index contributed by atoms with van der Waals surface area (Å²) in [4.78, 5) is 19.8. The van der Waals surface area contributed by atoms with Gasteiger partial charge in [-0.3, -0.25) is 9.78 Å². The molecule has 4 heterocycles. The summed E-state index contributed by atoms with van der Waals surface area (Å²) < 4.78 is 0. The maximum atomic E-state index is 12.6. The van der Waals surface area contributed by atoms with Gasteiger partial charge in [0.05, 0.1) is 22.7 Å². The molecule has 1 N–H and O–H groups in total. The van der Waals surface area contributed by atoms with Crippen molar-refractivity contribution in [1.29, 1.82) is 0 Å². The average molecular weight is 365 g/mol. The largest absolute Gasteiger partial charge is 0.354 e. The maximum Gasteiger partial charge on any atom is 0.229 e. The standard InChI is InChI=1S/C19H19N5OS/c25-19(21-15-5-1-9-20-12-15)14-4-2-10-24(13-14)18-8-7-16(22-23-18)17-6-3-11-26-17/h1,3,5-9,11-12,14H,2,4,10,13H2,(H,21,25). The molecule has 0 saturated carbocycles. The van der Waals surface area contributed by atoms with Crippen LogP contribution in [0.1, 0.15) is 12.8 Å². The summed E-state index contributed by atoms with van der Waals surface area (Å²) in [5.41, 5.74) is 1.61. The van der Waals surface area contributed by atoms with E-state index in [1.165, 1.54) is 0 Å². The molecule has 4 rings (SSSR count). The van der Waals surface area contributed by atoms with Gasteiger partial charge in [0.15, 0.2) is 5.82 Å². The number of aromatic nitrogens is 3. The van der Waals surface area contributed by atoms with Crippen LogP contribution in [0, 0.1) is 5.92 Å². The number of carbonyl (C=O) groups is 1. The molecule has 1 aliphatic rings. The van der Waals surface area contributed by atoms with Crippen LogP contribution in [0.25, 0.3) is 10.6 Å². The highest BCUT2D eigenvalue weighted by Crippen LogP contribution is 2.26. The fourth-order valence-electron chi connectivity index (χ4n) is 3.13. The first-order chi connectivity index (χ1) is 12.8. The van der Waals surface area contributed by atoms with Crippen LogP contribution in [0.5, 0.6) is 0 Å². The van der Waals surface area contributed by atoms with E-state index in [1.54, 1.807) is 23.7 Å². The number of rotatable bonds is 4. The summed E-state index contributed by atoms with van der Waals surface area (Å²) in [5.74, 6) is 0.790. The number of amides is 1. The number of piperidine rings is 1. The Hall–Kier alpha value is -2.80. The van der Waals surface area contributed by atoms with Gasteiger partial charge in [-0.05, 0) is 48.6 Å². The number of thiophene rings is 1. The first-order valence-electron chi connectivity index (χ1n) is 8.63. The van der Waals surface area contributed by atoms with E-state index in [2.05, 4.69) is 25.4 Å². The summed E-state index contributed by atoms with van der Waals surface area (Å²) >= 11 is 1.65. The maximum absolute atomic E-state index is 12.6. The fourth-order valence-corrected chi connectivity index (χ4v) is 3.82. The number of carbonyl (C=O) groups excluding carboxylic acids is 1. The molecule has 7 heteroatoms. The van der Waals surface area contributed by atoms with Gasteiger partial charge in [-0.15, -0.1) is 21.5 Å². The summed E-state index contributed by atoms with van der Waals surface area (Å²) in [6.45, 7) is 1.54. The Labute approximate surface area is 155 Å². The van der Waals surface area contributed by atoms with Crippen LogP contribution in [0.2, 0.25) is 0 Å². The Morgan fingerprint density at radius 2 is 2.15 bits per heavy atom. The van der Waals surface area contributed by atoms with Crippen LogP contribution in [-0.4, -0.2) is 34.2 Å². The lowest BCUT2D eigenvalue weighted by Crippen LogP contribution is -2.41. The molecular weight excluding hydrogens is 346 g/mol. The highest BCUT2D eigenvalue weighted by molar-refractivity contribution is 7.13. The predicted molar refractivity (Wildman–Crippen MR) is 103 cm³/mol. The van der Waals surface area contributed by atoms with E-state index in [4.69, 9.17) is 0 Å². The molecule has 1 unspecified atom stereocenters. The second-order valence-corrected chi connectivity index (χ2v) is 7.22. The van der Waals surface area contributed by atoms with Crippen molar-refractivity contribution >= 4 is 28.7 Å². The summed E-state index contributed by atoms with van der Waals surface area (Å²) in [6.07, 6.45) is 5.19. The number of hydrogen-bond donors (Lipinski definition) is 1. The fraction of sp³-hybridized carbons (Fsp3) is 0.263. The van der Waals surface area contributed by atoms with Gasteiger partial charge in [-0.2, -0.15) is 0 Å². The minimum atomic E-state index is -0.0669. The van der Waals surface area contributed by atoms with Crippen molar-refractivity contribution in [3.63, 3.8) is 0 Å². The second-order valence-electron chi connectivity index (χ2n) is 6.27. The third kappa shape index (κ3) is 3.72. The van der Waals surface area contributed by atoms with Gasteiger partial charge in [0.2, 0.25) is 5.91 Å². The van der Waals surface area contributed by atoms with Gasteiger partial charge in [0, 0.05) is 19.3 Å². The van der Waals surface area contributed by atoms with Gasteiger partial charge < -0.3 is 10.2 Å². The highest BCUT2D eigenvalue weighted by Gasteiger charge is 2.26. The normalized spacial score (nSPS) is 17.1. The molecule has 0 aliphatic carbocycles. The topological polar surface area (TPSA) is 71.0 Å². The Balaban J connectivity index is 1.42. The zero-order chi connectivity index (χ0) is 17.8. The SMILES string of the molecule is O=C(Nc1cccnc1)C1CCCN(c2ccc(-c3cccs3)nn2)C1. The summed E-state index contributed by atoms with van der Waals surface area (Å²) in [6, 6.07) is 11.7. The molecule has 132 valence electrons. The monoisotopic (exact) mass is 365 g/mol. The van der Waals surface area contributed by atoms with E-state index in [9.17, 15) is 4.79 Å². The zero-order valence-corrected chi connectivity index (χ0v) is 15.0. The van der Waals surface area contributed by atoms with Crippen LogP contribution in [0.4, 0.5) is 11.5 Å². The second kappa shape index (κ2) is 7.61. The molecule has 1 amide bonds. The molecule has 26 heavy (non-hydrogen) atoms. The van der Waals surface area contributed by atoms with E-state index in [0.29, 0.717) is 6.54 Å². The van der Waals surface area contributed by atoms with Gasteiger partial charge in [0.25, 0.3) is 0 Å².